The summed E-state index contributed by atoms with van der Waals surface area (Å²) in [6.45, 7) is 6.14. The smallest absolute Gasteiger partial charge is 0.275 e. The van der Waals surface area contributed by atoms with Crippen LogP contribution in [0.1, 0.15) is 36.3 Å². The molecule has 0 saturated carbocycles. The molecule has 1 aromatic carbocycles. The van der Waals surface area contributed by atoms with Crippen molar-refractivity contribution in [2.75, 3.05) is 5.32 Å². The highest BCUT2D eigenvalue weighted by Crippen LogP contribution is 2.28. The molecule has 0 aliphatic carbocycles. The molecule has 6 nitrogen and oxygen atoms in total. The molecule has 3 rings (SSSR count). The first-order valence-electron chi connectivity index (χ1n) is 7.29. The minimum Gasteiger partial charge on any atom is -0.295 e. The lowest BCUT2D eigenvalue weighted by Gasteiger charge is -2.12. The van der Waals surface area contributed by atoms with Gasteiger partial charge >= 0.3 is 0 Å². The van der Waals surface area contributed by atoms with E-state index in [0.717, 1.165) is 10.6 Å². The molecule has 24 heavy (non-hydrogen) atoms. The summed E-state index contributed by atoms with van der Waals surface area (Å²) in [5, 5.41) is 19.7. The fourth-order valence-corrected chi connectivity index (χ4v) is 2.96. The Balaban J connectivity index is 1.76. The van der Waals surface area contributed by atoms with E-state index < -0.39 is 0 Å². The largest absolute Gasteiger partial charge is 0.295 e. The van der Waals surface area contributed by atoms with Crippen LogP contribution in [0.4, 0.5) is 5.13 Å². The number of aromatic nitrogens is 4. The molecule has 8 heteroatoms. The van der Waals surface area contributed by atoms with E-state index in [1.54, 1.807) is 18.2 Å². The van der Waals surface area contributed by atoms with Crippen molar-refractivity contribution < 1.29 is 4.79 Å². The van der Waals surface area contributed by atoms with Crippen molar-refractivity contribution in [3.8, 4) is 11.3 Å². The van der Waals surface area contributed by atoms with Gasteiger partial charge in [0.1, 0.15) is 10.7 Å². The monoisotopic (exact) mass is 361 g/mol. The van der Waals surface area contributed by atoms with E-state index in [9.17, 15) is 4.79 Å². The fraction of sp³-hybridized carbons (Fsp3) is 0.250. The van der Waals surface area contributed by atoms with Gasteiger partial charge in [-0.25, -0.2) is 0 Å². The van der Waals surface area contributed by atoms with Gasteiger partial charge in [-0.05, 0) is 18.2 Å². The van der Waals surface area contributed by atoms with Gasteiger partial charge in [-0.2, -0.15) is 5.10 Å². The molecule has 0 aliphatic heterocycles. The quantitative estimate of drug-likeness (QED) is 0.734. The molecule has 0 fully saturated rings. The van der Waals surface area contributed by atoms with E-state index in [0.29, 0.717) is 21.5 Å². The molecule has 2 heterocycles. The van der Waals surface area contributed by atoms with Crippen LogP contribution in [-0.4, -0.2) is 26.3 Å². The molecule has 3 aromatic rings. The summed E-state index contributed by atoms with van der Waals surface area (Å²) in [6.07, 6.45) is 0. The second kappa shape index (κ2) is 6.33. The Kier molecular flexibility index (Phi) is 4.38. The van der Waals surface area contributed by atoms with E-state index in [1.807, 2.05) is 32.9 Å². The lowest BCUT2D eigenvalue weighted by Crippen LogP contribution is -2.12. The van der Waals surface area contributed by atoms with E-state index in [1.165, 1.54) is 11.3 Å². The fourth-order valence-electron chi connectivity index (χ4n) is 1.98. The van der Waals surface area contributed by atoms with Gasteiger partial charge in [0.05, 0.1) is 5.69 Å². The Morgan fingerprint density at radius 2 is 2.04 bits per heavy atom. The highest BCUT2D eigenvalue weighted by molar-refractivity contribution is 7.15. The zero-order valence-electron chi connectivity index (χ0n) is 13.4. The molecule has 0 bridgehead atoms. The van der Waals surface area contributed by atoms with Gasteiger partial charge in [-0.15, -0.1) is 10.2 Å². The predicted octanol–water partition coefficient (Wildman–Crippen LogP) is 4.13. The number of nitrogens with one attached hydrogen (secondary N) is 2. The first-order valence-corrected chi connectivity index (χ1v) is 8.49. The number of nitrogens with zero attached hydrogens (tertiary/aromatic N) is 3. The summed E-state index contributed by atoms with van der Waals surface area (Å²) in [7, 11) is 0. The van der Waals surface area contributed by atoms with Crippen molar-refractivity contribution in [1.29, 1.82) is 0 Å². The Labute approximate surface area is 148 Å². The highest BCUT2D eigenvalue weighted by atomic mass is 35.5. The molecule has 0 aliphatic rings. The zero-order chi connectivity index (χ0) is 17.3. The van der Waals surface area contributed by atoms with Crippen LogP contribution in [0.25, 0.3) is 11.3 Å². The number of carbonyl (C=O) groups excluding carboxylic acids is 1. The summed E-state index contributed by atoms with van der Waals surface area (Å²) in [6, 6.07) is 8.96. The number of aromatic amines is 1. The molecule has 2 N–H and O–H groups in total. The molecule has 0 spiro atoms. The molecular weight excluding hydrogens is 346 g/mol. The number of rotatable bonds is 3. The SMILES string of the molecule is CC(C)(C)c1nnc(NC(=O)c2cc(-c3cccc(Cl)c3)n[nH]2)s1. The minimum atomic E-state index is -0.313. The lowest BCUT2D eigenvalue weighted by atomic mass is 9.98. The maximum atomic E-state index is 12.3. The van der Waals surface area contributed by atoms with E-state index in [-0.39, 0.29) is 11.3 Å². The summed E-state index contributed by atoms with van der Waals surface area (Å²) in [5.41, 5.74) is 1.73. The van der Waals surface area contributed by atoms with Crippen molar-refractivity contribution in [3.63, 3.8) is 0 Å². The van der Waals surface area contributed by atoms with Gasteiger partial charge in [0, 0.05) is 16.0 Å². The molecule has 1 amide bonds. The number of H-pyrrole nitrogens is 1. The number of anilines is 1. The van der Waals surface area contributed by atoms with Crippen molar-refractivity contribution in [2.24, 2.45) is 0 Å². The van der Waals surface area contributed by atoms with Crippen molar-refractivity contribution in [2.45, 2.75) is 26.2 Å². The molecular formula is C16H16ClN5OS. The molecule has 0 saturated heterocycles. The number of hydrogen-bond donors (Lipinski definition) is 2. The molecule has 124 valence electrons. The maximum absolute atomic E-state index is 12.3. The third-order valence-electron chi connectivity index (χ3n) is 3.23. The first-order chi connectivity index (χ1) is 11.3. The van der Waals surface area contributed by atoms with Gasteiger partial charge in [-0.3, -0.25) is 15.2 Å². The van der Waals surface area contributed by atoms with Gasteiger partial charge in [-0.1, -0.05) is 55.8 Å². The number of hydrogen-bond acceptors (Lipinski definition) is 5. The van der Waals surface area contributed by atoms with Crippen molar-refractivity contribution in [3.05, 3.63) is 46.1 Å². The van der Waals surface area contributed by atoms with Crippen LogP contribution in [0.15, 0.2) is 30.3 Å². The normalized spacial score (nSPS) is 11.5. The van der Waals surface area contributed by atoms with Crippen LogP contribution in [0.2, 0.25) is 5.02 Å². The Morgan fingerprint density at radius 1 is 1.25 bits per heavy atom. The van der Waals surface area contributed by atoms with Crippen LogP contribution >= 0.6 is 22.9 Å². The predicted molar refractivity (Wildman–Crippen MR) is 95.6 cm³/mol. The number of benzene rings is 1. The minimum absolute atomic E-state index is 0.103. The average molecular weight is 362 g/mol. The second-order valence-electron chi connectivity index (χ2n) is 6.29. The number of amides is 1. The highest BCUT2D eigenvalue weighted by Gasteiger charge is 2.20. The average Bonchev–Trinajstić information content (AvgIpc) is 3.15. The van der Waals surface area contributed by atoms with Gasteiger partial charge in [0.25, 0.3) is 5.91 Å². The summed E-state index contributed by atoms with van der Waals surface area (Å²) >= 11 is 7.34. The van der Waals surface area contributed by atoms with Crippen LogP contribution in [0, 0.1) is 0 Å². The lowest BCUT2D eigenvalue weighted by molar-refractivity contribution is 0.102. The van der Waals surface area contributed by atoms with E-state index >= 15 is 0 Å². The van der Waals surface area contributed by atoms with Crippen molar-refractivity contribution >= 4 is 34.0 Å². The number of carbonyl (C=O) groups is 1. The maximum Gasteiger partial charge on any atom is 0.275 e. The van der Waals surface area contributed by atoms with Gasteiger partial charge in [0.2, 0.25) is 5.13 Å². The standard InChI is InChI=1S/C16H16ClN5OS/c1-16(2,3)14-21-22-15(24-14)18-13(23)12-8-11(19-20-12)9-5-4-6-10(17)7-9/h4-8H,1-3H3,(H,19,20)(H,18,22,23). The third kappa shape index (κ3) is 3.63. The molecule has 0 atom stereocenters. The first kappa shape index (κ1) is 16.6. The Hall–Kier alpha value is -2.25. The van der Waals surface area contributed by atoms with Gasteiger partial charge in [0.15, 0.2) is 0 Å². The summed E-state index contributed by atoms with van der Waals surface area (Å²) in [5.74, 6) is -0.313. The molecule has 0 unspecified atom stereocenters. The zero-order valence-corrected chi connectivity index (χ0v) is 15.0. The number of halogens is 1. The topological polar surface area (TPSA) is 83.6 Å². The second-order valence-corrected chi connectivity index (χ2v) is 7.71. The van der Waals surface area contributed by atoms with Crippen molar-refractivity contribution in [1.82, 2.24) is 20.4 Å². The Morgan fingerprint density at radius 3 is 2.71 bits per heavy atom. The Bertz CT molecular complexity index is 880. The summed E-state index contributed by atoms with van der Waals surface area (Å²) in [4.78, 5) is 12.3. The van der Waals surface area contributed by atoms with Gasteiger partial charge < -0.3 is 0 Å². The molecule has 0 radical (unpaired) electrons. The third-order valence-corrected chi connectivity index (χ3v) is 4.73. The van der Waals surface area contributed by atoms with Crippen LogP contribution in [0.5, 0.6) is 0 Å². The van der Waals surface area contributed by atoms with Crippen LogP contribution in [0.3, 0.4) is 0 Å². The van der Waals surface area contributed by atoms with E-state index in [4.69, 9.17) is 11.6 Å². The summed E-state index contributed by atoms with van der Waals surface area (Å²) < 4.78 is 0. The molecule has 2 aromatic heterocycles. The van der Waals surface area contributed by atoms with Crippen LogP contribution in [-0.2, 0) is 5.41 Å². The van der Waals surface area contributed by atoms with E-state index in [2.05, 4.69) is 25.7 Å². The van der Waals surface area contributed by atoms with Crippen LogP contribution < -0.4 is 5.32 Å².